The van der Waals surface area contributed by atoms with Gasteiger partial charge in [-0.2, -0.15) is 11.8 Å². The molecule has 1 heterocycles. The Morgan fingerprint density at radius 3 is 2.76 bits per heavy atom. The molecule has 2 atom stereocenters. The molecule has 2 unspecified atom stereocenters. The van der Waals surface area contributed by atoms with Gasteiger partial charge in [-0.05, 0) is 32.6 Å². The molecule has 0 bridgehead atoms. The first kappa shape index (κ1) is 14.8. The number of hydrogen-bond donors (Lipinski definition) is 1. The van der Waals surface area contributed by atoms with E-state index in [4.69, 9.17) is 0 Å². The normalized spacial score (nSPS) is 21.8. The molecule has 4 nitrogen and oxygen atoms in total. The Morgan fingerprint density at radius 1 is 1.53 bits per heavy atom. The number of aliphatic hydroxyl groups excluding tert-OH is 1. The number of likely N-dealkylation sites (N-methyl/N-ethyl adjacent to an activating group) is 2. The monoisotopic (exact) mass is 260 g/mol. The van der Waals surface area contributed by atoms with Gasteiger partial charge in [0.25, 0.3) is 0 Å². The number of thioether (sulfide) groups is 1. The molecule has 0 aromatic heterocycles. The molecule has 1 aliphatic heterocycles. The highest BCUT2D eigenvalue weighted by molar-refractivity contribution is 7.99. The first-order chi connectivity index (χ1) is 8.00. The van der Waals surface area contributed by atoms with Crippen molar-refractivity contribution in [1.29, 1.82) is 0 Å². The molecule has 1 aliphatic rings. The van der Waals surface area contributed by atoms with E-state index in [0.29, 0.717) is 25.6 Å². The molecular weight excluding hydrogens is 236 g/mol. The average Bonchev–Trinajstić information content (AvgIpc) is 2.78. The topological polar surface area (TPSA) is 43.8 Å². The van der Waals surface area contributed by atoms with Crippen molar-refractivity contribution < 1.29 is 9.90 Å². The van der Waals surface area contributed by atoms with Crippen molar-refractivity contribution in [2.24, 2.45) is 0 Å². The second-order valence-electron chi connectivity index (χ2n) is 4.89. The second-order valence-corrected chi connectivity index (χ2v) is 6.04. The van der Waals surface area contributed by atoms with Gasteiger partial charge in [-0.25, -0.2) is 0 Å². The zero-order valence-corrected chi connectivity index (χ0v) is 11.9. The number of rotatable bonds is 6. The first-order valence-electron chi connectivity index (χ1n) is 6.20. The molecule has 0 saturated carbocycles. The van der Waals surface area contributed by atoms with Gasteiger partial charge >= 0.3 is 0 Å². The third-order valence-electron chi connectivity index (χ3n) is 3.22. The molecule has 100 valence electrons. The van der Waals surface area contributed by atoms with Crippen molar-refractivity contribution in [3.8, 4) is 0 Å². The Labute approximate surface area is 108 Å². The standard InChI is InChI=1S/C12H24N2O2S/c1-10(15)4-6-13(2)12(16)8-14(3)11-5-7-17-9-11/h10-11,15H,4-9H2,1-3H3. The van der Waals surface area contributed by atoms with Crippen LogP contribution in [0.1, 0.15) is 19.8 Å². The zero-order chi connectivity index (χ0) is 12.8. The summed E-state index contributed by atoms with van der Waals surface area (Å²) in [6.45, 7) is 2.87. The van der Waals surface area contributed by atoms with Crippen LogP contribution in [0, 0.1) is 0 Å². The summed E-state index contributed by atoms with van der Waals surface area (Å²) in [6, 6.07) is 0.550. The average molecular weight is 260 g/mol. The number of carbonyl (C=O) groups is 1. The van der Waals surface area contributed by atoms with Crippen molar-refractivity contribution in [3.63, 3.8) is 0 Å². The lowest BCUT2D eigenvalue weighted by Gasteiger charge is -2.26. The van der Waals surface area contributed by atoms with Crippen LogP contribution in [0.25, 0.3) is 0 Å². The number of carbonyl (C=O) groups excluding carboxylic acids is 1. The lowest BCUT2D eigenvalue weighted by molar-refractivity contribution is -0.131. The fourth-order valence-electron chi connectivity index (χ4n) is 1.84. The molecule has 17 heavy (non-hydrogen) atoms. The van der Waals surface area contributed by atoms with Gasteiger partial charge in [-0.1, -0.05) is 0 Å². The van der Waals surface area contributed by atoms with Gasteiger partial charge in [-0.3, -0.25) is 9.69 Å². The predicted molar refractivity (Wildman–Crippen MR) is 72.3 cm³/mol. The molecular formula is C12H24N2O2S. The van der Waals surface area contributed by atoms with E-state index in [-0.39, 0.29) is 12.0 Å². The Morgan fingerprint density at radius 2 is 2.24 bits per heavy atom. The number of amides is 1. The zero-order valence-electron chi connectivity index (χ0n) is 11.1. The van der Waals surface area contributed by atoms with Crippen LogP contribution in [-0.2, 0) is 4.79 Å². The summed E-state index contributed by atoms with van der Waals surface area (Å²) in [6.07, 6.45) is 1.49. The maximum atomic E-state index is 11.9. The van der Waals surface area contributed by atoms with Gasteiger partial charge in [-0.15, -0.1) is 0 Å². The quantitative estimate of drug-likeness (QED) is 0.762. The smallest absolute Gasteiger partial charge is 0.236 e. The summed E-state index contributed by atoms with van der Waals surface area (Å²) in [5.41, 5.74) is 0. The molecule has 1 amide bonds. The molecule has 1 saturated heterocycles. The van der Waals surface area contributed by atoms with Crippen LogP contribution >= 0.6 is 11.8 Å². The van der Waals surface area contributed by atoms with Gasteiger partial charge in [0.05, 0.1) is 12.6 Å². The van der Waals surface area contributed by atoms with E-state index in [9.17, 15) is 9.90 Å². The SMILES string of the molecule is CC(O)CCN(C)C(=O)CN(C)C1CCSC1. The fraction of sp³-hybridized carbons (Fsp3) is 0.917. The summed E-state index contributed by atoms with van der Waals surface area (Å²) in [5.74, 6) is 2.49. The molecule has 0 aromatic carbocycles. The molecule has 0 spiro atoms. The third-order valence-corrected chi connectivity index (χ3v) is 4.37. The van der Waals surface area contributed by atoms with Crippen molar-refractivity contribution in [3.05, 3.63) is 0 Å². The first-order valence-corrected chi connectivity index (χ1v) is 7.36. The van der Waals surface area contributed by atoms with Gasteiger partial charge in [0.15, 0.2) is 0 Å². The molecule has 0 radical (unpaired) electrons. The third kappa shape index (κ3) is 5.27. The van der Waals surface area contributed by atoms with Gasteiger partial charge in [0, 0.05) is 25.4 Å². The van der Waals surface area contributed by atoms with Gasteiger partial charge in [0.1, 0.15) is 0 Å². The van der Waals surface area contributed by atoms with E-state index in [1.54, 1.807) is 11.8 Å². The van der Waals surface area contributed by atoms with Crippen LogP contribution in [0.3, 0.4) is 0 Å². The molecule has 5 heteroatoms. The van der Waals surface area contributed by atoms with Crippen molar-refractivity contribution in [2.45, 2.75) is 31.9 Å². The molecule has 0 aliphatic carbocycles. The van der Waals surface area contributed by atoms with Crippen molar-refractivity contribution >= 4 is 17.7 Å². The van der Waals surface area contributed by atoms with E-state index in [1.807, 2.05) is 25.9 Å². The Balaban J connectivity index is 2.26. The van der Waals surface area contributed by atoms with E-state index >= 15 is 0 Å². The maximum absolute atomic E-state index is 11.9. The highest BCUT2D eigenvalue weighted by atomic mass is 32.2. The van der Waals surface area contributed by atoms with Crippen molar-refractivity contribution in [2.75, 3.05) is 38.7 Å². The fourth-order valence-corrected chi connectivity index (χ4v) is 3.14. The molecule has 1 fully saturated rings. The molecule has 1 N–H and O–H groups in total. The summed E-state index contributed by atoms with van der Waals surface area (Å²) in [4.78, 5) is 15.8. The lowest BCUT2D eigenvalue weighted by atomic mass is 10.2. The number of nitrogens with zero attached hydrogens (tertiary/aromatic N) is 2. The minimum absolute atomic E-state index is 0.144. The van der Waals surface area contributed by atoms with E-state index in [1.165, 1.54) is 12.2 Å². The van der Waals surface area contributed by atoms with Crippen LogP contribution in [0.2, 0.25) is 0 Å². The van der Waals surface area contributed by atoms with Crippen LogP contribution in [-0.4, -0.2) is 71.6 Å². The molecule has 0 aromatic rings. The van der Waals surface area contributed by atoms with E-state index in [0.717, 1.165) is 5.75 Å². The molecule has 1 rings (SSSR count). The van der Waals surface area contributed by atoms with E-state index in [2.05, 4.69) is 4.90 Å². The lowest BCUT2D eigenvalue weighted by Crippen LogP contribution is -2.42. The van der Waals surface area contributed by atoms with E-state index < -0.39 is 0 Å². The van der Waals surface area contributed by atoms with Crippen molar-refractivity contribution in [1.82, 2.24) is 9.80 Å². The second kappa shape index (κ2) is 7.24. The van der Waals surface area contributed by atoms with Crippen LogP contribution in [0.5, 0.6) is 0 Å². The number of hydrogen-bond acceptors (Lipinski definition) is 4. The Kier molecular flexibility index (Phi) is 6.30. The summed E-state index contributed by atoms with van der Waals surface area (Å²) in [7, 11) is 3.83. The highest BCUT2D eigenvalue weighted by Crippen LogP contribution is 2.21. The largest absolute Gasteiger partial charge is 0.393 e. The summed E-state index contributed by atoms with van der Waals surface area (Å²) >= 11 is 1.96. The van der Waals surface area contributed by atoms with Gasteiger partial charge in [0.2, 0.25) is 5.91 Å². The predicted octanol–water partition coefficient (Wildman–Crippen LogP) is 0.653. The maximum Gasteiger partial charge on any atom is 0.236 e. The van der Waals surface area contributed by atoms with Crippen LogP contribution in [0.15, 0.2) is 0 Å². The summed E-state index contributed by atoms with van der Waals surface area (Å²) in [5, 5.41) is 9.19. The van der Waals surface area contributed by atoms with Crippen LogP contribution < -0.4 is 0 Å². The number of aliphatic hydroxyl groups is 1. The minimum Gasteiger partial charge on any atom is -0.393 e. The Hall–Kier alpha value is -0.260. The highest BCUT2D eigenvalue weighted by Gasteiger charge is 2.22. The minimum atomic E-state index is -0.339. The Bertz CT molecular complexity index is 243. The summed E-state index contributed by atoms with van der Waals surface area (Å²) < 4.78 is 0. The van der Waals surface area contributed by atoms with Gasteiger partial charge < -0.3 is 10.0 Å². The van der Waals surface area contributed by atoms with Crippen LogP contribution in [0.4, 0.5) is 0 Å².